The molecule has 0 amide bonds. The Bertz CT molecular complexity index is 1800. The molecular formula is C36H38N4O5S. The normalized spacial score (nSPS) is 15.4. The monoisotopic (exact) mass is 638 g/mol. The number of sulfonamides is 1. The lowest BCUT2D eigenvalue weighted by Crippen LogP contribution is -2.24. The van der Waals surface area contributed by atoms with Gasteiger partial charge in [-0.1, -0.05) is 74.2 Å². The van der Waals surface area contributed by atoms with E-state index in [2.05, 4.69) is 39.0 Å². The molecule has 6 rings (SSSR count). The second-order valence-electron chi connectivity index (χ2n) is 11.6. The van der Waals surface area contributed by atoms with E-state index >= 15 is 0 Å². The standard InChI is InChI=1S/C26H28O3.C10H10N4O2S/c27-24-21-11-5-6-12-22(21)25(28)26(29)23(24)13-7-8-18-14-16-20(17-15-18)19-9-3-1-2-4-10-19;11-8-2-4-9(5-3-8)17(15,16)14-10-12-6-1-7-13-10/h5-6,11-12,14-17,19,27H,1-4,7-10,13H2;1-7H,11H2,(H,12,13,14). The number of aliphatic hydroxyl groups excluding tert-OH is 1. The van der Waals surface area contributed by atoms with Gasteiger partial charge in [0, 0.05) is 34.8 Å². The van der Waals surface area contributed by atoms with Gasteiger partial charge in [-0.15, -0.1) is 0 Å². The number of nitrogens with one attached hydrogen (secondary N) is 1. The van der Waals surface area contributed by atoms with Crippen LogP contribution in [0.25, 0.3) is 5.76 Å². The van der Waals surface area contributed by atoms with Crippen molar-refractivity contribution in [2.75, 3.05) is 10.5 Å². The summed E-state index contributed by atoms with van der Waals surface area (Å²) >= 11 is 0. The number of Topliss-reactive ketones (excluding diaryl/α,β-unsaturated/α-hetero) is 2. The highest BCUT2D eigenvalue weighted by molar-refractivity contribution is 7.92. The first-order chi connectivity index (χ1) is 22.2. The molecule has 4 aromatic rings. The highest BCUT2D eigenvalue weighted by Gasteiger charge is 2.32. The van der Waals surface area contributed by atoms with Gasteiger partial charge in [0.2, 0.25) is 17.5 Å². The van der Waals surface area contributed by atoms with Crippen molar-refractivity contribution in [3.05, 3.63) is 119 Å². The van der Waals surface area contributed by atoms with Crippen LogP contribution in [0, 0.1) is 0 Å². The van der Waals surface area contributed by atoms with Crippen molar-refractivity contribution in [3.8, 4) is 0 Å². The number of benzene rings is 3. The molecule has 2 aliphatic carbocycles. The minimum Gasteiger partial charge on any atom is -0.507 e. The summed E-state index contributed by atoms with van der Waals surface area (Å²) in [7, 11) is -3.66. The highest BCUT2D eigenvalue weighted by atomic mass is 32.2. The lowest BCUT2D eigenvalue weighted by Gasteiger charge is -2.18. The summed E-state index contributed by atoms with van der Waals surface area (Å²) in [6.07, 6.45) is 12.9. The quantitative estimate of drug-likeness (QED) is 0.106. The lowest BCUT2D eigenvalue weighted by atomic mass is 9.86. The number of fused-ring (bicyclic) bond motifs is 1. The van der Waals surface area contributed by atoms with E-state index in [1.807, 2.05) is 0 Å². The Balaban J connectivity index is 0.000000209. The molecule has 0 atom stereocenters. The second kappa shape index (κ2) is 15.0. The van der Waals surface area contributed by atoms with Gasteiger partial charge >= 0.3 is 0 Å². The van der Waals surface area contributed by atoms with Gasteiger partial charge in [0.05, 0.1) is 4.90 Å². The molecule has 0 radical (unpaired) electrons. The van der Waals surface area contributed by atoms with Crippen molar-refractivity contribution in [2.45, 2.75) is 68.6 Å². The second-order valence-corrected chi connectivity index (χ2v) is 13.2. The van der Waals surface area contributed by atoms with Crippen LogP contribution >= 0.6 is 0 Å². The van der Waals surface area contributed by atoms with Gasteiger partial charge in [0.25, 0.3) is 10.0 Å². The fourth-order valence-electron chi connectivity index (χ4n) is 5.87. The van der Waals surface area contributed by atoms with Crippen molar-refractivity contribution in [1.82, 2.24) is 9.97 Å². The number of aryl methyl sites for hydroxylation is 1. The maximum absolute atomic E-state index is 12.4. The van der Waals surface area contributed by atoms with E-state index in [0.717, 1.165) is 12.8 Å². The topological polar surface area (TPSA) is 152 Å². The van der Waals surface area contributed by atoms with E-state index in [0.29, 0.717) is 29.2 Å². The third-order valence-electron chi connectivity index (χ3n) is 8.37. The maximum atomic E-state index is 12.4. The molecule has 3 aromatic carbocycles. The predicted octanol–water partition coefficient (Wildman–Crippen LogP) is 7.04. The summed E-state index contributed by atoms with van der Waals surface area (Å²) in [5.41, 5.74) is 9.69. The average molecular weight is 639 g/mol. The molecule has 1 fully saturated rings. The van der Waals surface area contributed by atoms with Gasteiger partial charge in [-0.05, 0) is 79.5 Å². The molecule has 0 spiro atoms. The van der Waals surface area contributed by atoms with E-state index in [9.17, 15) is 23.1 Å². The van der Waals surface area contributed by atoms with Gasteiger partial charge in [-0.2, -0.15) is 0 Å². The number of hydrogen-bond acceptors (Lipinski definition) is 8. The highest BCUT2D eigenvalue weighted by Crippen LogP contribution is 2.33. The Hall–Kier alpha value is -4.83. The molecular weight excluding hydrogens is 600 g/mol. The number of carbonyl (C=O) groups is 2. The lowest BCUT2D eigenvalue weighted by molar-refractivity contribution is -0.112. The van der Waals surface area contributed by atoms with E-state index in [1.165, 1.54) is 86.3 Å². The predicted molar refractivity (Wildman–Crippen MR) is 179 cm³/mol. The summed E-state index contributed by atoms with van der Waals surface area (Å²) in [4.78, 5) is 32.4. The Kier molecular flexibility index (Phi) is 10.6. The van der Waals surface area contributed by atoms with Crippen LogP contribution in [0.4, 0.5) is 11.6 Å². The molecule has 0 saturated heterocycles. The fraction of sp³-hybridized carbons (Fsp3) is 0.278. The van der Waals surface area contributed by atoms with Crippen LogP contribution in [0.3, 0.4) is 0 Å². The number of anilines is 2. The van der Waals surface area contributed by atoms with E-state index < -0.39 is 21.6 Å². The van der Waals surface area contributed by atoms with Crippen molar-refractivity contribution < 1.29 is 23.1 Å². The number of nitrogens with two attached hydrogens (primary N) is 1. The first kappa shape index (κ1) is 32.6. The van der Waals surface area contributed by atoms with E-state index in [-0.39, 0.29) is 22.2 Å². The van der Waals surface area contributed by atoms with Crippen LogP contribution in [0.15, 0.2) is 102 Å². The molecule has 1 heterocycles. The van der Waals surface area contributed by atoms with E-state index in [4.69, 9.17) is 5.73 Å². The van der Waals surface area contributed by atoms with Crippen LogP contribution < -0.4 is 10.5 Å². The Morgan fingerprint density at radius 2 is 1.39 bits per heavy atom. The van der Waals surface area contributed by atoms with Crippen molar-refractivity contribution in [1.29, 1.82) is 0 Å². The Morgan fingerprint density at radius 1 is 0.761 bits per heavy atom. The zero-order valence-electron chi connectivity index (χ0n) is 25.6. The first-order valence-corrected chi connectivity index (χ1v) is 17.1. The summed E-state index contributed by atoms with van der Waals surface area (Å²) in [5, 5.41) is 10.5. The molecule has 9 nitrogen and oxygen atoms in total. The molecule has 4 N–H and O–H groups in total. The van der Waals surface area contributed by atoms with Gasteiger partial charge in [0.1, 0.15) is 5.76 Å². The average Bonchev–Trinajstić information content (AvgIpc) is 3.36. The van der Waals surface area contributed by atoms with Gasteiger partial charge in [0.15, 0.2) is 0 Å². The van der Waals surface area contributed by atoms with Crippen LogP contribution in [0.2, 0.25) is 0 Å². The number of carbonyl (C=O) groups excluding carboxylic acids is 2. The van der Waals surface area contributed by atoms with Crippen LogP contribution in [-0.4, -0.2) is 35.1 Å². The SMILES string of the molecule is Nc1ccc(S(=O)(=O)Nc2ncccn2)cc1.O=C1C(=O)c2ccccc2C(O)=C1CCCc1ccc(C2CCCCCC2)cc1. The zero-order chi connectivity index (χ0) is 32.5. The van der Waals surface area contributed by atoms with Crippen molar-refractivity contribution >= 4 is 39.0 Å². The Labute approximate surface area is 269 Å². The van der Waals surface area contributed by atoms with Gasteiger partial charge < -0.3 is 10.8 Å². The van der Waals surface area contributed by atoms with Crippen molar-refractivity contribution in [3.63, 3.8) is 0 Å². The molecule has 1 saturated carbocycles. The number of ketones is 2. The molecule has 10 heteroatoms. The summed E-state index contributed by atoms with van der Waals surface area (Å²) in [6, 6.07) is 23.1. The molecule has 0 aliphatic heterocycles. The summed E-state index contributed by atoms with van der Waals surface area (Å²) in [5.74, 6) is -0.385. The molecule has 0 bridgehead atoms. The zero-order valence-corrected chi connectivity index (χ0v) is 26.4. The number of rotatable bonds is 8. The molecule has 238 valence electrons. The van der Waals surface area contributed by atoms with Crippen LogP contribution in [-0.2, 0) is 21.2 Å². The minimum atomic E-state index is -3.66. The van der Waals surface area contributed by atoms with Gasteiger partial charge in [-0.3, -0.25) is 9.59 Å². The van der Waals surface area contributed by atoms with Crippen LogP contribution in [0.5, 0.6) is 0 Å². The largest absolute Gasteiger partial charge is 0.507 e. The fourth-order valence-corrected chi connectivity index (χ4v) is 6.82. The molecule has 0 unspecified atom stereocenters. The molecule has 2 aliphatic rings. The minimum absolute atomic E-state index is 0.0318. The van der Waals surface area contributed by atoms with E-state index in [1.54, 1.807) is 30.3 Å². The molecule has 1 aromatic heterocycles. The third-order valence-corrected chi connectivity index (χ3v) is 9.72. The number of aliphatic hydroxyl groups is 1. The van der Waals surface area contributed by atoms with Gasteiger partial charge in [-0.25, -0.2) is 23.1 Å². The number of nitrogen functional groups attached to an aromatic ring is 1. The summed E-state index contributed by atoms with van der Waals surface area (Å²) < 4.78 is 26.0. The number of aromatic nitrogens is 2. The number of allylic oxidation sites excluding steroid dienone is 1. The molecule has 46 heavy (non-hydrogen) atoms. The van der Waals surface area contributed by atoms with Crippen LogP contribution in [0.1, 0.15) is 84.3 Å². The first-order valence-electron chi connectivity index (χ1n) is 15.6. The van der Waals surface area contributed by atoms with Crippen molar-refractivity contribution in [2.24, 2.45) is 0 Å². The third kappa shape index (κ3) is 8.06. The number of nitrogens with zero attached hydrogens (tertiary/aromatic N) is 2. The maximum Gasteiger partial charge on any atom is 0.264 e. The smallest absolute Gasteiger partial charge is 0.264 e. The summed E-state index contributed by atoms with van der Waals surface area (Å²) in [6.45, 7) is 0. The Morgan fingerprint density at radius 3 is 2.04 bits per heavy atom. The number of hydrogen-bond donors (Lipinski definition) is 3.